The molecule has 0 radical (unpaired) electrons. The van der Waals surface area contributed by atoms with E-state index in [4.69, 9.17) is 4.74 Å². The largest absolute Gasteiger partial charge is 0.460 e. The molecule has 0 bridgehead atoms. The van der Waals surface area contributed by atoms with Crippen LogP contribution in [0.4, 0.5) is 0 Å². The van der Waals surface area contributed by atoms with Crippen LogP contribution < -0.4 is 4.74 Å². The molecular weight excluding hydrogens is 162 g/mol. The van der Waals surface area contributed by atoms with Crippen LogP contribution in [0.3, 0.4) is 0 Å². The van der Waals surface area contributed by atoms with Crippen LogP contribution in [0.5, 0.6) is 5.75 Å². The normalized spacial score (nSPS) is 14.5. The minimum atomic E-state index is 0.475. The van der Waals surface area contributed by atoms with Gasteiger partial charge in [0, 0.05) is 11.8 Å². The molecule has 1 aromatic rings. The van der Waals surface area contributed by atoms with Gasteiger partial charge in [-0.1, -0.05) is 20.4 Å². The second kappa shape index (κ2) is 2.87. The van der Waals surface area contributed by atoms with Gasteiger partial charge in [0.1, 0.15) is 5.76 Å². The van der Waals surface area contributed by atoms with Gasteiger partial charge in [0.2, 0.25) is 0 Å². The number of hydrogen-bond acceptors (Lipinski definition) is 2. The first-order chi connectivity index (χ1) is 6.18. The van der Waals surface area contributed by atoms with Crippen molar-refractivity contribution >= 4 is 0 Å². The van der Waals surface area contributed by atoms with E-state index in [1.165, 1.54) is 5.56 Å². The highest BCUT2D eigenvalue weighted by atomic mass is 16.5. The van der Waals surface area contributed by atoms with E-state index in [0.717, 1.165) is 23.6 Å². The Morgan fingerprint density at radius 3 is 3.00 bits per heavy atom. The molecule has 0 unspecified atom stereocenters. The van der Waals surface area contributed by atoms with E-state index in [1.54, 1.807) is 0 Å². The average Bonchev–Trinajstić information content (AvgIpc) is 2.43. The molecule has 1 aliphatic rings. The Hall–Kier alpha value is -1.31. The molecule has 0 spiro atoms. The maximum Gasteiger partial charge on any atom is 0.152 e. The van der Waals surface area contributed by atoms with Crippen molar-refractivity contribution in [2.75, 3.05) is 0 Å². The molecule has 2 heterocycles. The van der Waals surface area contributed by atoms with Gasteiger partial charge in [0.05, 0.1) is 12.1 Å². The second-order valence-electron chi connectivity index (χ2n) is 3.65. The van der Waals surface area contributed by atoms with Gasteiger partial charge in [-0.15, -0.1) is 0 Å². The lowest BCUT2D eigenvalue weighted by Gasteiger charge is -2.09. The van der Waals surface area contributed by atoms with Crippen LogP contribution in [0.25, 0.3) is 0 Å². The smallest absolute Gasteiger partial charge is 0.152 e. The van der Waals surface area contributed by atoms with Gasteiger partial charge in [-0.05, 0) is 12.0 Å². The zero-order valence-electron chi connectivity index (χ0n) is 8.00. The Bertz CT molecular complexity index is 355. The van der Waals surface area contributed by atoms with Crippen LogP contribution in [0.2, 0.25) is 0 Å². The number of hydrogen-bond donors (Lipinski definition) is 0. The van der Waals surface area contributed by atoms with Crippen LogP contribution in [-0.2, 0) is 6.42 Å². The van der Waals surface area contributed by atoms with Crippen LogP contribution in [0, 0.1) is 0 Å². The van der Waals surface area contributed by atoms with Crippen molar-refractivity contribution in [1.29, 1.82) is 0 Å². The van der Waals surface area contributed by atoms with Crippen molar-refractivity contribution in [3.05, 3.63) is 35.9 Å². The predicted octanol–water partition coefficient (Wildman–Crippen LogP) is 2.65. The van der Waals surface area contributed by atoms with Gasteiger partial charge < -0.3 is 4.74 Å². The lowest BCUT2D eigenvalue weighted by molar-refractivity contribution is 0.442. The fourth-order valence-corrected chi connectivity index (χ4v) is 1.57. The molecule has 0 saturated heterocycles. The summed E-state index contributed by atoms with van der Waals surface area (Å²) in [5.74, 6) is 2.21. The van der Waals surface area contributed by atoms with Crippen molar-refractivity contribution in [2.45, 2.75) is 26.2 Å². The Morgan fingerprint density at radius 2 is 2.31 bits per heavy atom. The van der Waals surface area contributed by atoms with E-state index in [2.05, 4.69) is 25.4 Å². The van der Waals surface area contributed by atoms with Crippen molar-refractivity contribution in [3.63, 3.8) is 0 Å². The monoisotopic (exact) mass is 175 g/mol. The molecule has 0 amide bonds. The summed E-state index contributed by atoms with van der Waals surface area (Å²) in [6, 6.07) is 2.02. The van der Waals surface area contributed by atoms with Gasteiger partial charge in [0.25, 0.3) is 0 Å². The SMILES string of the molecule is C=C1Cc2nccc(C(C)C)c2O1. The molecule has 0 atom stereocenters. The minimum absolute atomic E-state index is 0.475. The van der Waals surface area contributed by atoms with Gasteiger partial charge in [0.15, 0.2) is 5.75 Å². The number of ether oxygens (including phenoxy) is 1. The maximum atomic E-state index is 5.54. The fourth-order valence-electron chi connectivity index (χ4n) is 1.57. The van der Waals surface area contributed by atoms with Crippen molar-refractivity contribution in [1.82, 2.24) is 4.98 Å². The standard InChI is InChI=1S/C11H13NO/c1-7(2)9-4-5-12-10-6-8(3)13-11(9)10/h4-5,7H,3,6H2,1-2H3. The number of pyridine rings is 1. The third-order valence-corrected chi connectivity index (χ3v) is 2.24. The summed E-state index contributed by atoms with van der Waals surface area (Å²) >= 11 is 0. The molecule has 2 rings (SSSR count). The van der Waals surface area contributed by atoms with Crippen molar-refractivity contribution in [3.8, 4) is 5.75 Å². The highest BCUT2D eigenvalue weighted by molar-refractivity contribution is 5.44. The van der Waals surface area contributed by atoms with Crippen molar-refractivity contribution in [2.24, 2.45) is 0 Å². The van der Waals surface area contributed by atoms with Crippen molar-refractivity contribution < 1.29 is 4.74 Å². The first kappa shape index (κ1) is 8.30. The molecule has 0 N–H and O–H groups in total. The summed E-state index contributed by atoms with van der Waals surface area (Å²) in [4.78, 5) is 4.27. The van der Waals surface area contributed by atoms with E-state index >= 15 is 0 Å². The lowest BCUT2D eigenvalue weighted by atomic mass is 10.0. The predicted molar refractivity (Wildman–Crippen MR) is 51.8 cm³/mol. The highest BCUT2D eigenvalue weighted by Crippen LogP contribution is 2.35. The molecule has 2 nitrogen and oxygen atoms in total. The number of allylic oxidation sites excluding steroid dienone is 1. The quantitative estimate of drug-likeness (QED) is 0.654. The van der Waals surface area contributed by atoms with Crippen LogP contribution in [0.15, 0.2) is 24.6 Å². The maximum absolute atomic E-state index is 5.54. The molecule has 68 valence electrons. The summed E-state index contributed by atoms with van der Waals surface area (Å²) < 4.78 is 5.54. The average molecular weight is 175 g/mol. The molecule has 0 aromatic carbocycles. The van der Waals surface area contributed by atoms with E-state index < -0.39 is 0 Å². The van der Waals surface area contributed by atoms with Gasteiger partial charge in [-0.25, -0.2) is 0 Å². The highest BCUT2D eigenvalue weighted by Gasteiger charge is 2.21. The number of nitrogens with zero attached hydrogens (tertiary/aromatic N) is 1. The van der Waals surface area contributed by atoms with Gasteiger partial charge in [-0.2, -0.15) is 0 Å². The first-order valence-electron chi connectivity index (χ1n) is 4.52. The molecule has 0 saturated carbocycles. The molecule has 1 aliphatic heterocycles. The molecule has 0 aliphatic carbocycles. The van der Waals surface area contributed by atoms with E-state index in [0.29, 0.717) is 5.92 Å². The first-order valence-corrected chi connectivity index (χ1v) is 4.52. The van der Waals surface area contributed by atoms with Gasteiger partial charge in [-0.3, -0.25) is 4.98 Å². The Kier molecular flexibility index (Phi) is 1.83. The zero-order chi connectivity index (χ0) is 9.42. The second-order valence-corrected chi connectivity index (χ2v) is 3.65. The third-order valence-electron chi connectivity index (χ3n) is 2.24. The van der Waals surface area contributed by atoms with Crippen LogP contribution in [0.1, 0.15) is 31.0 Å². The Balaban J connectivity index is 2.51. The number of aromatic nitrogens is 1. The lowest BCUT2D eigenvalue weighted by Crippen LogP contribution is -1.93. The van der Waals surface area contributed by atoms with Gasteiger partial charge >= 0.3 is 0 Å². The molecule has 0 fully saturated rings. The van der Waals surface area contributed by atoms with E-state index in [-0.39, 0.29) is 0 Å². The molecule has 2 heteroatoms. The summed E-state index contributed by atoms with van der Waals surface area (Å²) in [6.07, 6.45) is 2.60. The van der Waals surface area contributed by atoms with E-state index in [1.807, 2.05) is 12.3 Å². The molecule has 13 heavy (non-hydrogen) atoms. The molecule has 1 aromatic heterocycles. The van der Waals surface area contributed by atoms with Crippen LogP contribution in [-0.4, -0.2) is 4.98 Å². The fraction of sp³-hybridized carbons (Fsp3) is 0.364. The van der Waals surface area contributed by atoms with Crippen LogP contribution >= 0.6 is 0 Å². The number of rotatable bonds is 1. The third kappa shape index (κ3) is 1.32. The summed E-state index contributed by atoms with van der Waals surface area (Å²) in [7, 11) is 0. The minimum Gasteiger partial charge on any atom is -0.460 e. The Morgan fingerprint density at radius 1 is 1.54 bits per heavy atom. The topological polar surface area (TPSA) is 22.1 Å². The summed E-state index contributed by atoms with van der Waals surface area (Å²) in [6.45, 7) is 8.11. The molecular formula is C11H13NO. The Labute approximate surface area is 78.3 Å². The summed E-state index contributed by atoms with van der Waals surface area (Å²) in [5.41, 5.74) is 2.25. The number of fused-ring (bicyclic) bond motifs is 1. The van der Waals surface area contributed by atoms with E-state index in [9.17, 15) is 0 Å². The summed E-state index contributed by atoms with van der Waals surface area (Å²) in [5, 5.41) is 0. The zero-order valence-corrected chi connectivity index (χ0v) is 8.00.